The Labute approximate surface area is 173 Å². The number of anilines is 1. The summed E-state index contributed by atoms with van der Waals surface area (Å²) in [6, 6.07) is 13.0. The van der Waals surface area contributed by atoms with E-state index in [1.54, 1.807) is 34.1 Å². The number of benzene rings is 2. The Bertz CT molecular complexity index is 1020. The fourth-order valence-corrected chi connectivity index (χ4v) is 3.53. The molecule has 0 bridgehead atoms. The number of rotatable bonds is 6. The number of halogens is 1. The molecular formula is C21H20ClN5O2. The van der Waals surface area contributed by atoms with Crippen LogP contribution in [0.25, 0.3) is 0 Å². The summed E-state index contributed by atoms with van der Waals surface area (Å²) >= 11 is 6.25. The summed E-state index contributed by atoms with van der Waals surface area (Å²) in [6.45, 7) is 1.68. The Morgan fingerprint density at radius 3 is 2.62 bits per heavy atom. The van der Waals surface area contributed by atoms with Gasteiger partial charge in [0.15, 0.2) is 0 Å². The van der Waals surface area contributed by atoms with Gasteiger partial charge in [0.1, 0.15) is 12.7 Å². The van der Waals surface area contributed by atoms with Crippen molar-refractivity contribution >= 4 is 29.1 Å². The highest BCUT2D eigenvalue weighted by Crippen LogP contribution is 2.30. The summed E-state index contributed by atoms with van der Waals surface area (Å²) in [5.74, 6) is -0.170. The molecule has 7 nitrogen and oxygen atoms in total. The van der Waals surface area contributed by atoms with Gasteiger partial charge in [-0.1, -0.05) is 35.9 Å². The zero-order valence-corrected chi connectivity index (χ0v) is 16.5. The van der Waals surface area contributed by atoms with E-state index in [4.69, 9.17) is 11.6 Å². The van der Waals surface area contributed by atoms with Crippen molar-refractivity contribution in [3.8, 4) is 0 Å². The van der Waals surface area contributed by atoms with Crippen LogP contribution in [0.4, 0.5) is 5.69 Å². The third kappa shape index (κ3) is 4.46. The van der Waals surface area contributed by atoms with Crippen molar-refractivity contribution in [1.29, 1.82) is 0 Å². The van der Waals surface area contributed by atoms with Gasteiger partial charge >= 0.3 is 0 Å². The number of hydrogen-bond donors (Lipinski definition) is 1. The van der Waals surface area contributed by atoms with Crippen LogP contribution in [0.1, 0.15) is 34.3 Å². The molecule has 29 heavy (non-hydrogen) atoms. The van der Waals surface area contributed by atoms with Gasteiger partial charge in [-0.25, -0.2) is 9.67 Å². The molecule has 0 saturated carbocycles. The highest BCUT2D eigenvalue weighted by molar-refractivity contribution is 6.34. The molecular weight excluding hydrogens is 390 g/mol. The Hall–Kier alpha value is -3.19. The predicted molar refractivity (Wildman–Crippen MR) is 110 cm³/mol. The minimum atomic E-state index is -0.207. The van der Waals surface area contributed by atoms with Crippen molar-refractivity contribution in [3.05, 3.63) is 76.8 Å². The van der Waals surface area contributed by atoms with E-state index in [2.05, 4.69) is 15.4 Å². The first-order valence-electron chi connectivity index (χ1n) is 9.38. The topological polar surface area (TPSA) is 80.1 Å². The number of aromatic nitrogens is 3. The molecule has 8 heteroatoms. The van der Waals surface area contributed by atoms with Crippen molar-refractivity contribution in [2.75, 3.05) is 11.4 Å². The molecule has 0 unspecified atom stereocenters. The molecule has 1 aliphatic heterocycles. The molecule has 3 aromatic rings. The summed E-state index contributed by atoms with van der Waals surface area (Å²) in [4.78, 5) is 30.2. The molecule has 1 saturated heterocycles. The van der Waals surface area contributed by atoms with Crippen LogP contribution in [0, 0.1) is 0 Å². The van der Waals surface area contributed by atoms with Gasteiger partial charge in [-0.2, -0.15) is 5.10 Å². The minimum absolute atomic E-state index is 0.0374. The number of nitrogens with zero attached hydrogens (tertiary/aromatic N) is 4. The highest BCUT2D eigenvalue weighted by atomic mass is 35.5. The van der Waals surface area contributed by atoms with Crippen LogP contribution >= 0.6 is 11.6 Å². The maximum absolute atomic E-state index is 12.6. The summed E-state index contributed by atoms with van der Waals surface area (Å²) < 4.78 is 1.75. The third-order valence-corrected chi connectivity index (χ3v) is 5.18. The molecule has 4 rings (SSSR count). The van der Waals surface area contributed by atoms with Crippen molar-refractivity contribution in [2.24, 2.45) is 0 Å². The Kier molecular flexibility index (Phi) is 5.57. The van der Waals surface area contributed by atoms with Crippen molar-refractivity contribution < 1.29 is 9.59 Å². The fraction of sp³-hybridized carbons (Fsp3) is 0.238. The molecule has 0 atom stereocenters. The van der Waals surface area contributed by atoms with E-state index in [9.17, 15) is 9.59 Å². The zero-order valence-electron chi connectivity index (χ0n) is 15.7. The zero-order chi connectivity index (χ0) is 20.2. The maximum Gasteiger partial charge on any atom is 0.251 e. The van der Waals surface area contributed by atoms with Gasteiger partial charge in [0.25, 0.3) is 5.91 Å². The molecule has 1 fully saturated rings. The van der Waals surface area contributed by atoms with Gasteiger partial charge < -0.3 is 10.2 Å². The Morgan fingerprint density at radius 2 is 1.93 bits per heavy atom. The lowest BCUT2D eigenvalue weighted by molar-refractivity contribution is -0.117. The van der Waals surface area contributed by atoms with Crippen LogP contribution in [-0.4, -0.2) is 33.1 Å². The van der Waals surface area contributed by atoms with Crippen LogP contribution in [-0.2, 0) is 17.9 Å². The number of carbonyl (C=O) groups is 2. The first-order valence-corrected chi connectivity index (χ1v) is 9.76. The Morgan fingerprint density at radius 1 is 1.14 bits per heavy atom. The van der Waals surface area contributed by atoms with Gasteiger partial charge in [-0.15, -0.1) is 0 Å². The highest BCUT2D eigenvalue weighted by Gasteiger charge is 2.24. The molecule has 1 aromatic heterocycles. The second-order valence-electron chi connectivity index (χ2n) is 6.91. The van der Waals surface area contributed by atoms with E-state index >= 15 is 0 Å². The van der Waals surface area contributed by atoms with Gasteiger partial charge in [0, 0.05) is 25.1 Å². The summed E-state index contributed by atoms with van der Waals surface area (Å²) in [5, 5.41) is 7.48. The third-order valence-electron chi connectivity index (χ3n) is 4.86. The SMILES string of the molecule is O=C(NCc1ccc(Cn2cncn2)cc1)c1ccc(Cl)c(N2CCCC2=O)c1. The average molecular weight is 410 g/mol. The molecule has 1 aliphatic rings. The molecule has 2 aromatic carbocycles. The van der Waals surface area contributed by atoms with Gasteiger partial charge in [0.2, 0.25) is 5.91 Å². The molecule has 2 amide bonds. The molecule has 2 heterocycles. The van der Waals surface area contributed by atoms with E-state index in [-0.39, 0.29) is 11.8 Å². The van der Waals surface area contributed by atoms with Crippen molar-refractivity contribution in [1.82, 2.24) is 20.1 Å². The second kappa shape index (κ2) is 8.45. The van der Waals surface area contributed by atoms with E-state index < -0.39 is 0 Å². The van der Waals surface area contributed by atoms with E-state index in [1.807, 2.05) is 24.3 Å². The van der Waals surface area contributed by atoms with Crippen molar-refractivity contribution in [2.45, 2.75) is 25.9 Å². The first kappa shape index (κ1) is 19.1. The first-order chi connectivity index (χ1) is 14.1. The van der Waals surface area contributed by atoms with Crippen LogP contribution < -0.4 is 10.2 Å². The van der Waals surface area contributed by atoms with Crippen LogP contribution in [0.15, 0.2) is 55.1 Å². The monoisotopic (exact) mass is 409 g/mol. The molecule has 1 N–H and O–H groups in total. The van der Waals surface area contributed by atoms with Crippen LogP contribution in [0.5, 0.6) is 0 Å². The van der Waals surface area contributed by atoms with Gasteiger partial charge in [-0.05, 0) is 35.7 Å². The fourth-order valence-electron chi connectivity index (χ4n) is 3.31. The molecule has 0 aliphatic carbocycles. The van der Waals surface area contributed by atoms with E-state index in [1.165, 1.54) is 6.33 Å². The lowest BCUT2D eigenvalue weighted by Crippen LogP contribution is -2.26. The minimum Gasteiger partial charge on any atom is -0.348 e. The average Bonchev–Trinajstić information content (AvgIpc) is 3.39. The number of nitrogens with one attached hydrogen (secondary N) is 1. The summed E-state index contributed by atoms with van der Waals surface area (Å²) in [7, 11) is 0. The maximum atomic E-state index is 12.6. The number of hydrogen-bond acceptors (Lipinski definition) is 4. The van der Waals surface area contributed by atoms with E-state index in [0.717, 1.165) is 17.5 Å². The normalized spacial score (nSPS) is 13.7. The summed E-state index contributed by atoms with van der Waals surface area (Å²) in [6.07, 6.45) is 4.49. The lowest BCUT2D eigenvalue weighted by Gasteiger charge is -2.18. The van der Waals surface area contributed by atoms with Crippen LogP contribution in [0.3, 0.4) is 0 Å². The number of amides is 2. The van der Waals surface area contributed by atoms with Gasteiger partial charge in [-0.3, -0.25) is 9.59 Å². The largest absolute Gasteiger partial charge is 0.348 e. The smallest absolute Gasteiger partial charge is 0.251 e. The van der Waals surface area contributed by atoms with E-state index in [0.29, 0.717) is 42.3 Å². The van der Waals surface area contributed by atoms with Gasteiger partial charge in [0.05, 0.1) is 17.3 Å². The predicted octanol–water partition coefficient (Wildman–Crippen LogP) is 3.04. The standard InChI is InChI=1S/C21H20ClN5O2/c22-18-8-7-17(10-19(18)27-9-1-2-20(27)28)21(29)24-11-15-3-5-16(6-4-15)12-26-14-23-13-25-26/h3-8,10,13-14H,1-2,9,11-12H2,(H,24,29). The number of carbonyl (C=O) groups excluding carboxylic acids is 2. The summed E-state index contributed by atoms with van der Waals surface area (Å²) in [5.41, 5.74) is 3.17. The molecule has 0 radical (unpaired) electrons. The molecule has 0 spiro atoms. The molecule has 148 valence electrons. The Balaban J connectivity index is 1.39. The quantitative estimate of drug-likeness (QED) is 0.678. The van der Waals surface area contributed by atoms with Crippen LogP contribution in [0.2, 0.25) is 5.02 Å². The second-order valence-corrected chi connectivity index (χ2v) is 7.31. The lowest BCUT2D eigenvalue weighted by atomic mass is 10.1. The van der Waals surface area contributed by atoms with Crippen molar-refractivity contribution in [3.63, 3.8) is 0 Å².